The van der Waals surface area contributed by atoms with Crippen LogP contribution in [0.5, 0.6) is 0 Å². The van der Waals surface area contributed by atoms with Crippen molar-refractivity contribution in [3.8, 4) is 0 Å². The van der Waals surface area contributed by atoms with E-state index in [-0.39, 0.29) is 5.91 Å². The molecule has 2 rings (SSSR count). The van der Waals surface area contributed by atoms with Gasteiger partial charge in [0.1, 0.15) is 5.76 Å². The Hall–Kier alpha value is -1.94. The number of hydrogen-bond donors (Lipinski definition) is 2. The van der Waals surface area contributed by atoms with Crippen LogP contribution in [0.1, 0.15) is 16.1 Å². The van der Waals surface area contributed by atoms with Crippen LogP contribution in [0.25, 0.3) is 0 Å². The zero-order valence-electron chi connectivity index (χ0n) is 9.87. The topological polar surface area (TPSA) is 54.3 Å². The number of anilines is 1. The number of carbonyl (C=O) groups excluding carboxylic acids is 1. The molecule has 0 saturated carbocycles. The van der Waals surface area contributed by atoms with Crippen molar-refractivity contribution in [3.05, 3.63) is 52.9 Å². The fourth-order valence-electron chi connectivity index (χ4n) is 1.55. The van der Waals surface area contributed by atoms with Gasteiger partial charge in [0, 0.05) is 12.7 Å². The zero-order valence-corrected chi connectivity index (χ0v) is 10.6. The fraction of sp³-hybridized carbons (Fsp3) is 0.154. The number of hydrogen-bond acceptors (Lipinski definition) is 3. The van der Waals surface area contributed by atoms with Crippen LogP contribution >= 0.6 is 11.6 Å². The molecule has 1 aromatic heterocycles. The molecule has 0 aliphatic carbocycles. The summed E-state index contributed by atoms with van der Waals surface area (Å²) in [7, 11) is 1.57. The van der Waals surface area contributed by atoms with Crippen molar-refractivity contribution in [3.63, 3.8) is 0 Å². The molecule has 0 bridgehead atoms. The summed E-state index contributed by atoms with van der Waals surface area (Å²) in [5, 5.41) is 6.14. The highest BCUT2D eigenvalue weighted by Crippen LogP contribution is 2.21. The van der Waals surface area contributed by atoms with Crippen molar-refractivity contribution in [1.29, 1.82) is 0 Å². The van der Waals surface area contributed by atoms with E-state index in [0.717, 1.165) is 11.4 Å². The van der Waals surface area contributed by atoms with Crippen LogP contribution < -0.4 is 10.6 Å². The normalized spacial score (nSPS) is 10.1. The molecule has 5 heteroatoms. The van der Waals surface area contributed by atoms with Crippen molar-refractivity contribution >= 4 is 23.2 Å². The summed E-state index contributed by atoms with van der Waals surface area (Å²) in [6.45, 7) is 0.557. The van der Waals surface area contributed by atoms with E-state index in [1.54, 1.807) is 25.4 Å². The Kier molecular flexibility index (Phi) is 3.89. The summed E-state index contributed by atoms with van der Waals surface area (Å²) in [5.74, 6) is 0.619. The predicted molar refractivity (Wildman–Crippen MR) is 70.9 cm³/mol. The molecule has 0 atom stereocenters. The smallest absolute Gasteiger partial charge is 0.252 e. The molecule has 0 aliphatic rings. The lowest BCUT2D eigenvalue weighted by Crippen LogP contribution is -2.18. The van der Waals surface area contributed by atoms with E-state index in [1.807, 2.05) is 18.2 Å². The third-order valence-electron chi connectivity index (χ3n) is 2.48. The van der Waals surface area contributed by atoms with Crippen molar-refractivity contribution in [2.75, 3.05) is 12.4 Å². The maximum atomic E-state index is 11.6. The van der Waals surface area contributed by atoms with Gasteiger partial charge in [-0.3, -0.25) is 4.79 Å². The van der Waals surface area contributed by atoms with Gasteiger partial charge in [0.2, 0.25) is 0 Å². The summed E-state index contributed by atoms with van der Waals surface area (Å²) < 4.78 is 5.21. The maximum Gasteiger partial charge on any atom is 0.252 e. The fourth-order valence-corrected chi connectivity index (χ4v) is 1.75. The molecule has 2 N–H and O–H groups in total. The number of nitrogens with one attached hydrogen (secondary N) is 2. The molecule has 0 spiro atoms. The molecule has 18 heavy (non-hydrogen) atoms. The van der Waals surface area contributed by atoms with E-state index in [2.05, 4.69) is 10.6 Å². The van der Waals surface area contributed by atoms with Crippen molar-refractivity contribution in [2.24, 2.45) is 0 Å². The molecule has 1 aromatic carbocycles. The van der Waals surface area contributed by atoms with Crippen LogP contribution in [0.4, 0.5) is 5.69 Å². The first-order chi connectivity index (χ1) is 8.70. The second-order valence-electron chi connectivity index (χ2n) is 3.71. The summed E-state index contributed by atoms with van der Waals surface area (Å²) in [5.41, 5.74) is 1.26. The highest BCUT2D eigenvalue weighted by molar-refractivity contribution is 6.34. The van der Waals surface area contributed by atoms with Crippen molar-refractivity contribution < 1.29 is 9.21 Å². The van der Waals surface area contributed by atoms with E-state index in [9.17, 15) is 4.79 Å². The molecule has 94 valence electrons. The third kappa shape index (κ3) is 2.84. The molecular weight excluding hydrogens is 252 g/mol. The van der Waals surface area contributed by atoms with Crippen LogP contribution in [0.15, 0.2) is 41.0 Å². The van der Waals surface area contributed by atoms with Gasteiger partial charge in [-0.15, -0.1) is 0 Å². The van der Waals surface area contributed by atoms with Crippen LogP contribution in [-0.4, -0.2) is 13.0 Å². The van der Waals surface area contributed by atoms with E-state index in [0.29, 0.717) is 17.1 Å². The minimum absolute atomic E-state index is 0.207. The maximum absolute atomic E-state index is 11.6. The summed E-state index contributed by atoms with van der Waals surface area (Å²) in [6, 6.07) is 8.93. The third-order valence-corrected chi connectivity index (χ3v) is 2.81. The lowest BCUT2D eigenvalue weighted by atomic mass is 10.2. The number of furan rings is 1. The number of amides is 1. The molecule has 0 saturated heterocycles. The Labute approximate surface area is 110 Å². The Balaban J connectivity index is 2.12. The average Bonchev–Trinajstić information content (AvgIpc) is 2.90. The second kappa shape index (κ2) is 5.60. The van der Waals surface area contributed by atoms with Gasteiger partial charge >= 0.3 is 0 Å². The number of carbonyl (C=O) groups is 1. The first-order valence-electron chi connectivity index (χ1n) is 5.48. The van der Waals surface area contributed by atoms with Crippen LogP contribution in [-0.2, 0) is 6.54 Å². The molecule has 1 amide bonds. The highest BCUT2D eigenvalue weighted by atomic mass is 35.5. The highest BCUT2D eigenvalue weighted by Gasteiger charge is 2.09. The van der Waals surface area contributed by atoms with E-state index in [1.165, 1.54) is 0 Å². The monoisotopic (exact) mass is 264 g/mol. The molecule has 4 nitrogen and oxygen atoms in total. The van der Waals surface area contributed by atoms with Gasteiger partial charge in [-0.05, 0) is 30.3 Å². The summed E-state index contributed by atoms with van der Waals surface area (Å²) >= 11 is 5.96. The lowest BCUT2D eigenvalue weighted by molar-refractivity contribution is 0.0963. The second-order valence-corrected chi connectivity index (χ2v) is 4.11. The molecule has 1 heterocycles. The predicted octanol–water partition coefficient (Wildman–Crippen LogP) is 2.90. The standard InChI is InChI=1S/C13H13ClN2O2/c1-15-13(17)11-7-9(4-5-12(11)14)16-8-10-3-2-6-18-10/h2-7,16H,8H2,1H3,(H,15,17). The molecule has 0 aliphatic heterocycles. The SMILES string of the molecule is CNC(=O)c1cc(NCc2ccco2)ccc1Cl. The summed E-state index contributed by atoms with van der Waals surface area (Å²) in [6.07, 6.45) is 1.62. The molecule has 0 radical (unpaired) electrons. The van der Waals surface area contributed by atoms with E-state index < -0.39 is 0 Å². The van der Waals surface area contributed by atoms with Crippen LogP contribution in [0.3, 0.4) is 0 Å². The lowest BCUT2D eigenvalue weighted by Gasteiger charge is -2.08. The zero-order chi connectivity index (χ0) is 13.0. The Bertz CT molecular complexity index is 538. The van der Waals surface area contributed by atoms with Gasteiger partial charge in [0.15, 0.2) is 0 Å². The first kappa shape index (κ1) is 12.5. The molecular formula is C13H13ClN2O2. The molecule has 0 fully saturated rings. The van der Waals surface area contributed by atoms with Crippen molar-refractivity contribution in [1.82, 2.24) is 5.32 Å². The minimum atomic E-state index is -0.207. The minimum Gasteiger partial charge on any atom is -0.467 e. The molecule has 2 aromatic rings. The number of benzene rings is 1. The van der Waals surface area contributed by atoms with Gasteiger partial charge in [-0.2, -0.15) is 0 Å². The summed E-state index contributed by atoms with van der Waals surface area (Å²) in [4.78, 5) is 11.6. The first-order valence-corrected chi connectivity index (χ1v) is 5.86. The van der Waals surface area contributed by atoms with Crippen molar-refractivity contribution in [2.45, 2.75) is 6.54 Å². The van der Waals surface area contributed by atoms with E-state index >= 15 is 0 Å². The van der Waals surface area contributed by atoms with Gasteiger partial charge in [-0.25, -0.2) is 0 Å². The van der Waals surface area contributed by atoms with Gasteiger partial charge in [0.25, 0.3) is 5.91 Å². The number of halogens is 1. The van der Waals surface area contributed by atoms with Crippen LogP contribution in [0, 0.1) is 0 Å². The van der Waals surface area contributed by atoms with E-state index in [4.69, 9.17) is 16.0 Å². The van der Waals surface area contributed by atoms with Gasteiger partial charge in [-0.1, -0.05) is 11.6 Å². The number of rotatable bonds is 4. The Morgan fingerprint density at radius 2 is 2.22 bits per heavy atom. The largest absolute Gasteiger partial charge is 0.467 e. The van der Waals surface area contributed by atoms with Gasteiger partial charge < -0.3 is 15.1 Å². The quantitative estimate of drug-likeness (QED) is 0.893. The van der Waals surface area contributed by atoms with Crippen LogP contribution in [0.2, 0.25) is 5.02 Å². The van der Waals surface area contributed by atoms with Gasteiger partial charge in [0.05, 0.1) is 23.4 Å². The Morgan fingerprint density at radius 1 is 1.39 bits per heavy atom. The Morgan fingerprint density at radius 3 is 2.89 bits per heavy atom. The molecule has 0 unspecified atom stereocenters. The average molecular weight is 265 g/mol.